The molecule has 3 N–H and O–H groups in total. The van der Waals surface area contributed by atoms with Gasteiger partial charge in [0.25, 0.3) is 12.4 Å². The first-order valence-corrected chi connectivity index (χ1v) is 19.0. The number of unbranched alkanes of at least 4 members (excludes halogenated alkanes) is 1. The Labute approximate surface area is 282 Å². The van der Waals surface area contributed by atoms with E-state index in [-0.39, 0.29) is 22.1 Å². The molecule has 14 heteroatoms. The van der Waals surface area contributed by atoms with Crippen molar-refractivity contribution in [3.05, 3.63) is 43.4 Å². The van der Waals surface area contributed by atoms with Crippen LogP contribution in [0.5, 0.6) is 5.75 Å². The van der Waals surface area contributed by atoms with Gasteiger partial charge in [-0.3, -0.25) is 14.4 Å². The largest absolute Gasteiger partial charge is 0.506 e. The van der Waals surface area contributed by atoms with Crippen molar-refractivity contribution in [3.8, 4) is 5.75 Å². The summed E-state index contributed by atoms with van der Waals surface area (Å²) in [5.74, 6) is 2.59. The molecule has 0 bridgehead atoms. The fourth-order valence-corrected chi connectivity index (χ4v) is 8.76. The van der Waals surface area contributed by atoms with Crippen LogP contribution in [0.3, 0.4) is 0 Å². The van der Waals surface area contributed by atoms with Gasteiger partial charge in [0.2, 0.25) is 0 Å². The highest BCUT2D eigenvalue weighted by Crippen LogP contribution is 2.33. The number of nitrogens with zero attached hydrogens (tertiary/aromatic N) is 3. The number of thioether (sulfide) groups is 1. The Balaban J connectivity index is 0.930. The van der Waals surface area contributed by atoms with Gasteiger partial charge in [-0.05, 0) is 62.8 Å². The fraction of sp³-hybridized carbons (Fsp3) is 0.625. The number of aromatic hydroxyl groups is 1. The predicted molar refractivity (Wildman–Crippen MR) is 185 cm³/mol. The number of aromatic amines is 1. The molecule has 1 amide bonds. The van der Waals surface area contributed by atoms with Gasteiger partial charge in [0, 0.05) is 43.0 Å². The van der Waals surface area contributed by atoms with Crippen LogP contribution in [-0.4, -0.2) is 107 Å². The number of amides is 1. The number of carbonyl (C=O) groups excluding carboxylic acids is 2. The van der Waals surface area contributed by atoms with Crippen molar-refractivity contribution < 1.29 is 24.2 Å². The minimum atomic E-state index is -0.543. The molecule has 0 radical (unpaired) electrons. The zero-order valence-corrected chi connectivity index (χ0v) is 29.1. The average Bonchev–Trinajstić information content (AvgIpc) is 3.70. The summed E-state index contributed by atoms with van der Waals surface area (Å²) in [5.41, 5.74) is 1.41. The number of hydrogen-bond donors (Lipinski definition) is 3. The van der Waals surface area contributed by atoms with E-state index in [1.54, 1.807) is 17.4 Å². The molecule has 0 aliphatic carbocycles. The third kappa shape index (κ3) is 8.90. The second kappa shape index (κ2) is 16.6. The second-order valence-corrected chi connectivity index (χ2v) is 15.4. The molecule has 4 heterocycles. The van der Waals surface area contributed by atoms with Gasteiger partial charge in [-0.15, -0.1) is 11.3 Å². The summed E-state index contributed by atoms with van der Waals surface area (Å²) in [5, 5.41) is 16.3. The summed E-state index contributed by atoms with van der Waals surface area (Å²) in [6.07, 6.45) is 4.62. The van der Waals surface area contributed by atoms with Crippen molar-refractivity contribution >= 4 is 57.0 Å². The third-order valence-corrected chi connectivity index (χ3v) is 11.9. The summed E-state index contributed by atoms with van der Waals surface area (Å²) < 4.78 is 12.2. The fourth-order valence-electron chi connectivity index (χ4n) is 6.09. The molecule has 1 spiro atoms. The van der Waals surface area contributed by atoms with E-state index in [0.717, 1.165) is 86.1 Å². The number of nitrogens with one attached hydrogen (secondary N) is 2. The highest BCUT2D eigenvalue weighted by molar-refractivity contribution is 7.99. The quantitative estimate of drug-likeness (QED) is 0.145. The Bertz CT molecular complexity index is 1500. The lowest BCUT2D eigenvalue weighted by Crippen LogP contribution is -2.58. The Morgan fingerprint density at radius 1 is 1.24 bits per heavy atom. The first-order valence-electron chi connectivity index (χ1n) is 16.1. The van der Waals surface area contributed by atoms with Crippen molar-refractivity contribution in [2.75, 3.05) is 63.9 Å². The minimum Gasteiger partial charge on any atom is -0.506 e. The third-order valence-electron chi connectivity index (χ3n) is 8.68. The molecule has 5 rings (SSSR count). The van der Waals surface area contributed by atoms with Crippen LogP contribution >= 0.6 is 34.4 Å². The second-order valence-electron chi connectivity index (χ2n) is 12.3. The normalized spacial score (nSPS) is 17.6. The number of likely N-dealkylation sites (tertiary alicyclic amines) is 1. The molecule has 2 aliphatic heterocycles. The lowest BCUT2D eigenvalue weighted by molar-refractivity contribution is -0.133. The zero-order chi connectivity index (χ0) is 32.5. The van der Waals surface area contributed by atoms with Crippen LogP contribution in [0, 0.1) is 0 Å². The molecule has 11 nitrogen and oxygen atoms in total. The van der Waals surface area contributed by atoms with E-state index in [2.05, 4.69) is 34.0 Å². The number of phenolic OH excluding ortho intramolecular Hbond substituents is 1. The predicted octanol–water partition coefficient (Wildman–Crippen LogP) is 4.59. The Kier molecular flexibility index (Phi) is 12.5. The van der Waals surface area contributed by atoms with Gasteiger partial charge in [0.1, 0.15) is 23.1 Å². The number of benzene rings is 1. The zero-order valence-electron chi connectivity index (χ0n) is 26.6. The SMILES string of the molecule is CC(C)c1nc(C(=O)N2CCOC3(CCN(CCCSCCCCNC[C@H](OC=O)c4ccc(O)c5[nH]c(=O)sc45)CC3)C2)cs1. The van der Waals surface area contributed by atoms with Crippen LogP contribution in [0.15, 0.2) is 22.3 Å². The van der Waals surface area contributed by atoms with Gasteiger partial charge in [-0.25, -0.2) is 4.98 Å². The van der Waals surface area contributed by atoms with Crippen LogP contribution in [0.2, 0.25) is 0 Å². The molecule has 252 valence electrons. The first kappa shape index (κ1) is 34.8. The van der Waals surface area contributed by atoms with E-state index < -0.39 is 6.10 Å². The lowest BCUT2D eigenvalue weighted by Gasteiger charge is -2.47. The van der Waals surface area contributed by atoms with Crippen molar-refractivity contribution in [2.45, 2.75) is 63.6 Å². The van der Waals surface area contributed by atoms with E-state index in [0.29, 0.717) is 60.1 Å². The van der Waals surface area contributed by atoms with Gasteiger partial charge in [0.05, 0.1) is 28.5 Å². The first-order chi connectivity index (χ1) is 22.3. The smallest absolute Gasteiger partial charge is 0.305 e. The summed E-state index contributed by atoms with van der Waals surface area (Å²) in [7, 11) is 0. The highest BCUT2D eigenvalue weighted by atomic mass is 32.2. The van der Waals surface area contributed by atoms with Crippen LogP contribution in [0.4, 0.5) is 0 Å². The molecule has 2 aliphatic rings. The van der Waals surface area contributed by atoms with Gasteiger partial charge in [-0.2, -0.15) is 11.8 Å². The molecule has 3 aromatic rings. The molecular formula is C32H45N5O6S3. The number of hydrogen-bond acceptors (Lipinski definition) is 12. The van der Waals surface area contributed by atoms with Crippen LogP contribution < -0.4 is 10.2 Å². The lowest BCUT2D eigenvalue weighted by atomic mass is 9.89. The van der Waals surface area contributed by atoms with Gasteiger partial charge < -0.3 is 34.7 Å². The Morgan fingerprint density at radius 3 is 2.80 bits per heavy atom. The van der Waals surface area contributed by atoms with Crippen LogP contribution in [0.1, 0.15) is 79.0 Å². The monoisotopic (exact) mass is 691 g/mol. The van der Waals surface area contributed by atoms with Crippen LogP contribution in [-0.2, 0) is 14.3 Å². The average molecular weight is 692 g/mol. The summed E-state index contributed by atoms with van der Waals surface area (Å²) >= 11 is 4.55. The maximum Gasteiger partial charge on any atom is 0.305 e. The molecule has 2 fully saturated rings. The molecule has 0 saturated carbocycles. The van der Waals surface area contributed by atoms with Crippen molar-refractivity contribution in [2.24, 2.45) is 0 Å². The Hall–Kier alpha value is -2.49. The number of aromatic nitrogens is 2. The maximum absolute atomic E-state index is 13.1. The van der Waals surface area contributed by atoms with Gasteiger partial charge in [0.15, 0.2) is 0 Å². The highest BCUT2D eigenvalue weighted by Gasteiger charge is 2.41. The molecule has 1 atom stereocenters. The standard InChI is InChI=1S/C32H45N5O6S3/c1-22(2)29-34-24(19-45-29)30(40)37-14-15-43-32(20-37)8-12-36(13-9-32)11-5-17-44-16-4-3-10-33-18-26(42-21-38)23-6-7-25(39)27-28(23)46-31(41)35-27/h6-7,19,21-22,26,33,39H,3-5,8-18,20H2,1-2H3,(H,35,41)/t26-/m0/s1. The van der Waals surface area contributed by atoms with E-state index in [9.17, 15) is 19.5 Å². The van der Waals surface area contributed by atoms with E-state index in [1.165, 1.54) is 6.07 Å². The van der Waals surface area contributed by atoms with Gasteiger partial charge >= 0.3 is 4.87 Å². The number of carbonyl (C=O) groups is 2. The number of fused-ring (bicyclic) bond motifs is 1. The van der Waals surface area contributed by atoms with Crippen molar-refractivity contribution in [3.63, 3.8) is 0 Å². The minimum absolute atomic E-state index is 0.000189. The molecule has 46 heavy (non-hydrogen) atoms. The number of piperidine rings is 1. The molecular weight excluding hydrogens is 647 g/mol. The van der Waals surface area contributed by atoms with Crippen LogP contribution in [0.25, 0.3) is 10.2 Å². The van der Waals surface area contributed by atoms with Crippen molar-refractivity contribution in [1.82, 2.24) is 25.1 Å². The number of rotatable bonds is 16. The number of phenols is 1. The van der Waals surface area contributed by atoms with Gasteiger partial charge in [-0.1, -0.05) is 31.3 Å². The number of thiazole rings is 2. The number of morpholine rings is 1. The number of H-pyrrole nitrogens is 1. The molecule has 0 unspecified atom stereocenters. The molecule has 2 aromatic heterocycles. The van der Waals surface area contributed by atoms with Crippen molar-refractivity contribution in [1.29, 1.82) is 0 Å². The molecule has 2 saturated heterocycles. The summed E-state index contributed by atoms with van der Waals surface area (Å²) in [6.45, 7) is 10.8. The maximum atomic E-state index is 13.1. The Morgan fingerprint density at radius 2 is 2.04 bits per heavy atom. The summed E-state index contributed by atoms with van der Waals surface area (Å²) in [6, 6.07) is 3.21. The topological polar surface area (TPSA) is 137 Å². The van der Waals surface area contributed by atoms with E-state index >= 15 is 0 Å². The van der Waals surface area contributed by atoms with E-state index in [4.69, 9.17) is 9.47 Å². The number of ether oxygens (including phenoxy) is 2. The van der Waals surface area contributed by atoms with E-state index in [1.807, 2.05) is 22.0 Å². The molecule has 1 aromatic carbocycles. The summed E-state index contributed by atoms with van der Waals surface area (Å²) in [4.78, 5) is 47.5.